The number of ether oxygens (including phenoxy) is 1. The Hall–Kier alpha value is -3.41. The fraction of sp³-hybridized carbons (Fsp3) is 0.450. The van der Waals surface area contributed by atoms with E-state index in [-0.39, 0.29) is 5.92 Å². The van der Waals surface area contributed by atoms with E-state index in [9.17, 15) is 24.4 Å². The van der Waals surface area contributed by atoms with Crippen LogP contribution in [-0.4, -0.2) is 47.4 Å². The zero-order valence-corrected chi connectivity index (χ0v) is 16.2. The van der Waals surface area contributed by atoms with Crippen LogP contribution in [0, 0.1) is 17.2 Å². The number of esters is 1. The predicted octanol–water partition coefficient (Wildman–Crippen LogP) is 0.805. The molecule has 3 rings (SSSR count). The summed E-state index contributed by atoms with van der Waals surface area (Å²) in [7, 11) is 0. The van der Waals surface area contributed by atoms with Crippen LogP contribution in [0.4, 0.5) is 4.79 Å². The molecule has 4 amide bonds. The van der Waals surface area contributed by atoms with Gasteiger partial charge in [-0.05, 0) is 38.2 Å². The maximum atomic E-state index is 12.7. The Morgan fingerprint density at radius 2 is 2.00 bits per heavy atom. The highest BCUT2D eigenvalue weighted by Crippen LogP contribution is 2.39. The fourth-order valence-electron chi connectivity index (χ4n) is 3.34. The molecule has 9 nitrogen and oxygen atoms in total. The molecule has 0 bridgehead atoms. The number of carbonyl (C=O) groups excluding carboxylic acids is 4. The zero-order chi connectivity index (χ0) is 21.2. The molecule has 152 valence electrons. The molecule has 0 radical (unpaired) electrons. The number of urea groups is 1. The van der Waals surface area contributed by atoms with Crippen molar-refractivity contribution < 1.29 is 23.9 Å². The van der Waals surface area contributed by atoms with Crippen molar-refractivity contribution in [2.45, 2.75) is 37.8 Å². The highest BCUT2D eigenvalue weighted by atomic mass is 16.5. The van der Waals surface area contributed by atoms with E-state index < -0.39 is 48.0 Å². The minimum atomic E-state index is -1.28. The highest BCUT2D eigenvalue weighted by molar-refractivity contribution is 6.08. The topological polar surface area (TPSA) is 129 Å². The van der Waals surface area contributed by atoms with Crippen molar-refractivity contribution in [2.24, 2.45) is 5.92 Å². The third-order valence-electron chi connectivity index (χ3n) is 5.30. The third kappa shape index (κ3) is 4.06. The van der Waals surface area contributed by atoms with E-state index in [1.54, 1.807) is 44.2 Å². The molecule has 1 aromatic rings. The number of amides is 4. The van der Waals surface area contributed by atoms with Crippen LogP contribution < -0.4 is 10.6 Å². The molecule has 1 saturated carbocycles. The van der Waals surface area contributed by atoms with Crippen molar-refractivity contribution in [3.8, 4) is 6.07 Å². The van der Waals surface area contributed by atoms with Gasteiger partial charge in [-0.25, -0.2) is 4.79 Å². The SMILES string of the molecule is C[C@]1(c2ccccc2)NC(=O)N(CC(=O)OCC(=O)N[C@](C)(C#N)C2CC2)C1=O. The third-order valence-corrected chi connectivity index (χ3v) is 5.30. The van der Waals surface area contributed by atoms with Gasteiger partial charge in [0.15, 0.2) is 6.61 Å². The van der Waals surface area contributed by atoms with E-state index in [0.29, 0.717) is 5.56 Å². The first-order chi connectivity index (χ1) is 13.7. The molecule has 29 heavy (non-hydrogen) atoms. The molecular weight excluding hydrogens is 376 g/mol. The molecule has 2 N–H and O–H groups in total. The molecule has 0 aromatic heterocycles. The Labute approximate surface area is 168 Å². The van der Waals surface area contributed by atoms with Gasteiger partial charge in [0.1, 0.15) is 17.6 Å². The van der Waals surface area contributed by atoms with E-state index in [1.807, 2.05) is 0 Å². The number of benzene rings is 1. The molecule has 1 aliphatic carbocycles. The Morgan fingerprint density at radius 3 is 2.59 bits per heavy atom. The minimum Gasteiger partial charge on any atom is -0.454 e. The molecule has 0 spiro atoms. The van der Waals surface area contributed by atoms with Gasteiger partial charge in [-0.1, -0.05) is 30.3 Å². The largest absolute Gasteiger partial charge is 0.454 e. The molecule has 9 heteroatoms. The lowest BCUT2D eigenvalue weighted by molar-refractivity contribution is -0.151. The van der Waals surface area contributed by atoms with Crippen molar-refractivity contribution in [1.82, 2.24) is 15.5 Å². The number of rotatable bonds is 7. The van der Waals surface area contributed by atoms with Crippen LogP contribution in [0.2, 0.25) is 0 Å². The second-order valence-corrected chi connectivity index (χ2v) is 7.61. The van der Waals surface area contributed by atoms with Crippen LogP contribution in [0.15, 0.2) is 30.3 Å². The van der Waals surface area contributed by atoms with Gasteiger partial charge < -0.3 is 15.4 Å². The maximum Gasteiger partial charge on any atom is 0.326 e. The van der Waals surface area contributed by atoms with Crippen LogP contribution in [0.1, 0.15) is 32.3 Å². The van der Waals surface area contributed by atoms with Gasteiger partial charge in [0.2, 0.25) is 0 Å². The first kappa shape index (κ1) is 20.3. The summed E-state index contributed by atoms with van der Waals surface area (Å²) in [5.41, 5.74) is -1.69. The van der Waals surface area contributed by atoms with Gasteiger partial charge in [-0.15, -0.1) is 0 Å². The van der Waals surface area contributed by atoms with Gasteiger partial charge >= 0.3 is 12.0 Å². The molecule has 0 unspecified atom stereocenters. The van der Waals surface area contributed by atoms with Crippen LogP contribution >= 0.6 is 0 Å². The van der Waals surface area contributed by atoms with Crippen LogP contribution in [0.5, 0.6) is 0 Å². The van der Waals surface area contributed by atoms with Gasteiger partial charge in [-0.2, -0.15) is 5.26 Å². The average molecular weight is 398 g/mol. The van der Waals surface area contributed by atoms with E-state index >= 15 is 0 Å². The Kier molecular flexibility index (Phi) is 5.29. The van der Waals surface area contributed by atoms with E-state index in [4.69, 9.17) is 4.74 Å². The molecular formula is C20H22N4O5. The summed E-state index contributed by atoms with van der Waals surface area (Å²) < 4.78 is 4.89. The lowest BCUT2D eigenvalue weighted by atomic mass is 9.92. The Balaban J connectivity index is 1.55. The average Bonchev–Trinajstić information content (AvgIpc) is 3.53. The maximum absolute atomic E-state index is 12.7. The van der Waals surface area contributed by atoms with Gasteiger partial charge in [0, 0.05) is 0 Å². The van der Waals surface area contributed by atoms with Crippen molar-refractivity contribution in [3.63, 3.8) is 0 Å². The monoisotopic (exact) mass is 398 g/mol. The van der Waals surface area contributed by atoms with Gasteiger partial charge in [0.25, 0.3) is 11.8 Å². The first-order valence-electron chi connectivity index (χ1n) is 9.27. The smallest absolute Gasteiger partial charge is 0.326 e. The number of hydrogen-bond donors (Lipinski definition) is 2. The molecule has 1 heterocycles. The van der Waals surface area contributed by atoms with E-state index in [1.165, 1.54) is 0 Å². The number of nitrogens with zero attached hydrogens (tertiary/aromatic N) is 2. The van der Waals surface area contributed by atoms with Gasteiger partial charge in [-0.3, -0.25) is 19.3 Å². The molecule has 2 fully saturated rings. The van der Waals surface area contributed by atoms with E-state index in [2.05, 4.69) is 16.7 Å². The predicted molar refractivity (Wildman–Crippen MR) is 99.9 cm³/mol. The molecule has 1 aromatic carbocycles. The van der Waals surface area contributed by atoms with Gasteiger partial charge in [0.05, 0.1) is 6.07 Å². The molecule has 1 aliphatic heterocycles. The summed E-state index contributed by atoms with van der Waals surface area (Å²) in [6.45, 7) is 1.98. The standard InChI is InChI=1S/C20H22N4O5/c1-19(12-21,13-8-9-13)22-15(25)11-29-16(26)10-24-17(27)20(2,23-18(24)28)14-6-4-3-5-7-14/h3-7,13H,8-11H2,1-2H3,(H,22,25)(H,23,28)/t19-,20-/m1/s1. The van der Waals surface area contributed by atoms with E-state index in [0.717, 1.165) is 17.7 Å². The summed E-state index contributed by atoms with van der Waals surface area (Å²) >= 11 is 0. The first-order valence-corrected chi connectivity index (χ1v) is 9.27. The fourth-order valence-corrected chi connectivity index (χ4v) is 3.34. The van der Waals surface area contributed by atoms with Crippen molar-refractivity contribution >= 4 is 23.8 Å². The second kappa shape index (κ2) is 7.54. The number of nitriles is 1. The van der Waals surface area contributed by atoms with Crippen molar-refractivity contribution in [3.05, 3.63) is 35.9 Å². The van der Waals surface area contributed by atoms with Crippen LogP contribution in [0.3, 0.4) is 0 Å². The lowest BCUT2D eigenvalue weighted by Gasteiger charge is -2.23. The number of carbonyl (C=O) groups is 4. The number of hydrogen-bond acceptors (Lipinski definition) is 6. The van der Waals surface area contributed by atoms with Crippen molar-refractivity contribution in [2.75, 3.05) is 13.2 Å². The molecule has 2 aliphatic rings. The summed E-state index contributed by atoms with van der Waals surface area (Å²) in [5, 5.41) is 14.4. The normalized spacial score (nSPS) is 23.0. The highest BCUT2D eigenvalue weighted by Gasteiger charge is 2.49. The van der Waals surface area contributed by atoms with Crippen molar-refractivity contribution in [1.29, 1.82) is 5.26 Å². The summed E-state index contributed by atoms with van der Waals surface area (Å²) in [4.78, 5) is 49.8. The lowest BCUT2D eigenvalue weighted by Crippen LogP contribution is -2.48. The Morgan fingerprint density at radius 1 is 1.34 bits per heavy atom. The second-order valence-electron chi connectivity index (χ2n) is 7.61. The summed E-state index contributed by atoms with van der Waals surface area (Å²) in [6, 6.07) is 10.0. The summed E-state index contributed by atoms with van der Waals surface area (Å²) in [6.07, 6.45) is 1.72. The quantitative estimate of drug-likeness (QED) is 0.516. The summed E-state index contributed by atoms with van der Waals surface area (Å²) in [5.74, 6) is -2.00. The number of imide groups is 1. The number of nitrogens with one attached hydrogen (secondary N) is 2. The zero-order valence-electron chi connectivity index (χ0n) is 16.2. The Bertz CT molecular complexity index is 892. The molecule has 1 saturated heterocycles. The molecule has 2 atom stereocenters. The van der Waals surface area contributed by atoms with Crippen LogP contribution in [-0.2, 0) is 24.7 Å². The van der Waals surface area contributed by atoms with Crippen LogP contribution in [0.25, 0.3) is 0 Å². The minimum absolute atomic E-state index is 0.0914.